The van der Waals surface area contributed by atoms with E-state index in [-0.39, 0.29) is 11.3 Å². The maximum Gasteiger partial charge on any atom is 0.335 e. The summed E-state index contributed by atoms with van der Waals surface area (Å²) >= 11 is 0. The molecule has 4 nitrogen and oxygen atoms in total. The molecule has 0 N–H and O–H groups in total. The van der Waals surface area contributed by atoms with Crippen LogP contribution in [0.3, 0.4) is 0 Å². The van der Waals surface area contributed by atoms with Crippen LogP contribution in [-0.4, -0.2) is 11.9 Å². The van der Waals surface area contributed by atoms with Gasteiger partial charge in [-0.2, -0.15) is 0 Å². The quantitative estimate of drug-likeness (QED) is 0.345. The fourth-order valence-corrected chi connectivity index (χ4v) is 4.39. The number of benzene rings is 2. The Morgan fingerprint density at radius 2 is 1.81 bits per heavy atom. The zero-order valence-electron chi connectivity index (χ0n) is 15.4. The molecule has 0 aliphatic heterocycles. The van der Waals surface area contributed by atoms with Crippen LogP contribution in [0.25, 0.3) is 10.8 Å². The van der Waals surface area contributed by atoms with E-state index in [0.717, 1.165) is 46.0 Å². The van der Waals surface area contributed by atoms with Gasteiger partial charge < -0.3 is 9.47 Å². The molecular formula is C23H20O4. The minimum Gasteiger partial charge on any atom is -0.422 e. The number of fused-ring (bicyclic) bond motifs is 6. The maximum absolute atomic E-state index is 12.1. The van der Waals surface area contributed by atoms with Crippen molar-refractivity contribution in [3.8, 4) is 11.5 Å². The predicted molar refractivity (Wildman–Crippen MR) is 104 cm³/mol. The van der Waals surface area contributed by atoms with Gasteiger partial charge in [-0.1, -0.05) is 50.4 Å². The summed E-state index contributed by atoms with van der Waals surface area (Å²) in [6.07, 6.45) is 7.45. The molecule has 136 valence electrons. The number of ether oxygens (including phenoxy) is 2. The van der Waals surface area contributed by atoms with Gasteiger partial charge in [-0.15, -0.1) is 0 Å². The van der Waals surface area contributed by atoms with E-state index >= 15 is 0 Å². The van der Waals surface area contributed by atoms with Crippen LogP contribution in [-0.2, 0) is 15.0 Å². The molecule has 4 rings (SSSR count). The zero-order chi connectivity index (χ0) is 19.3. The van der Waals surface area contributed by atoms with Crippen LogP contribution in [0.1, 0.15) is 36.0 Å². The summed E-state index contributed by atoms with van der Waals surface area (Å²) in [5.74, 6) is 0.171. The summed E-state index contributed by atoms with van der Waals surface area (Å²) < 4.78 is 11.5. The van der Waals surface area contributed by atoms with Crippen molar-refractivity contribution in [1.82, 2.24) is 0 Å². The molecule has 0 saturated heterocycles. The Bertz CT molecular complexity index is 1060. The molecule has 2 aliphatic carbocycles. The summed E-state index contributed by atoms with van der Waals surface area (Å²) in [5.41, 5.74) is 2.50. The van der Waals surface area contributed by atoms with Crippen LogP contribution in [0, 0.1) is 6.92 Å². The predicted octanol–water partition coefficient (Wildman–Crippen LogP) is 4.65. The van der Waals surface area contributed by atoms with E-state index in [1.165, 1.54) is 0 Å². The van der Waals surface area contributed by atoms with Gasteiger partial charge in [-0.25, -0.2) is 9.59 Å². The summed E-state index contributed by atoms with van der Waals surface area (Å²) in [4.78, 5) is 24.1. The van der Waals surface area contributed by atoms with Crippen LogP contribution in [0.5, 0.6) is 11.5 Å². The average Bonchev–Trinajstić information content (AvgIpc) is 3.18. The number of hydrogen-bond acceptors (Lipinski definition) is 4. The fourth-order valence-electron chi connectivity index (χ4n) is 4.39. The number of aryl methyl sites for hydroxylation is 1. The molecule has 0 aromatic heterocycles. The Labute approximate surface area is 157 Å². The van der Waals surface area contributed by atoms with E-state index in [9.17, 15) is 9.59 Å². The number of carbonyl (C=O) groups excluding carboxylic acids is 2. The molecule has 0 radical (unpaired) electrons. The minimum atomic E-state index is -0.508. The Morgan fingerprint density at radius 1 is 1.15 bits per heavy atom. The van der Waals surface area contributed by atoms with Gasteiger partial charge in [0, 0.05) is 45.4 Å². The molecule has 2 aliphatic rings. The largest absolute Gasteiger partial charge is 0.422 e. The zero-order valence-corrected chi connectivity index (χ0v) is 15.4. The first kappa shape index (κ1) is 17.3. The lowest BCUT2D eigenvalue weighted by atomic mass is 9.81. The Morgan fingerprint density at radius 3 is 2.48 bits per heavy atom. The molecule has 2 bridgehead atoms. The summed E-state index contributed by atoms with van der Waals surface area (Å²) in [5, 5.41) is 1.53. The minimum absolute atomic E-state index is 0.114. The average molecular weight is 360 g/mol. The molecule has 2 atom stereocenters. The van der Waals surface area contributed by atoms with Crippen LogP contribution in [0.4, 0.5) is 0 Å². The Kier molecular flexibility index (Phi) is 3.81. The normalized spacial score (nSPS) is 21.8. The van der Waals surface area contributed by atoms with Gasteiger partial charge in [0.25, 0.3) is 0 Å². The van der Waals surface area contributed by atoms with E-state index < -0.39 is 11.9 Å². The highest BCUT2D eigenvalue weighted by Gasteiger charge is 2.47. The van der Waals surface area contributed by atoms with Gasteiger partial charge in [0.2, 0.25) is 0 Å². The third-order valence-electron chi connectivity index (χ3n) is 5.51. The summed E-state index contributed by atoms with van der Waals surface area (Å²) in [6.45, 7) is 11.1. The smallest absolute Gasteiger partial charge is 0.335 e. The number of rotatable bonds is 4. The van der Waals surface area contributed by atoms with Crippen LogP contribution < -0.4 is 9.47 Å². The third kappa shape index (κ3) is 2.44. The van der Waals surface area contributed by atoms with E-state index in [1.54, 1.807) is 0 Å². The second kappa shape index (κ2) is 5.95. The first-order valence-electron chi connectivity index (χ1n) is 8.87. The van der Waals surface area contributed by atoms with Crippen molar-refractivity contribution in [3.05, 3.63) is 72.4 Å². The molecule has 0 fully saturated rings. The molecule has 0 amide bonds. The monoisotopic (exact) mass is 360 g/mol. The van der Waals surface area contributed by atoms with E-state index in [2.05, 4.69) is 32.2 Å². The highest BCUT2D eigenvalue weighted by molar-refractivity contribution is 6.03. The highest BCUT2D eigenvalue weighted by Crippen LogP contribution is 2.61. The lowest BCUT2D eigenvalue weighted by Crippen LogP contribution is -2.18. The van der Waals surface area contributed by atoms with Crippen molar-refractivity contribution in [2.45, 2.75) is 31.6 Å². The highest BCUT2D eigenvalue weighted by atomic mass is 16.5. The van der Waals surface area contributed by atoms with Crippen LogP contribution >= 0.6 is 0 Å². The maximum atomic E-state index is 12.1. The number of allylic oxidation sites excluding steroid dienone is 2. The standard InChI is InChI=1S/C23H20O4/c1-5-16(24)26-21-15-9-7-8-13(3)18(15)22(27-17(25)6-2)19-14-10-11-23(4,12-14)20(19)21/h5-11,14H,1-2,12H2,3-4H3. The molecule has 0 saturated carbocycles. The molecule has 0 spiro atoms. The first-order chi connectivity index (χ1) is 12.9. The van der Waals surface area contributed by atoms with Crippen molar-refractivity contribution >= 4 is 22.7 Å². The second-order valence-corrected chi connectivity index (χ2v) is 7.28. The fraction of sp³-hybridized carbons (Fsp3) is 0.217. The second-order valence-electron chi connectivity index (χ2n) is 7.28. The van der Waals surface area contributed by atoms with Crippen molar-refractivity contribution in [2.75, 3.05) is 0 Å². The topological polar surface area (TPSA) is 52.6 Å². The lowest BCUT2D eigenvalue weighted by molar-refractivity contribution is -0.130. The number of hydrogen-bond donors (Lipinski definition) is 0. The Balaban J connectivity index is 2.13. The van der Waals surface area contributed by atoms with Crippen molar-refractivity contribution in [2.24, 2.45) is 0 Å². The van der Waals surface area contributed by atoms with Gasteiger partial charge in [0.1, 0.15) is 11.5 Å². The third-order valence-corrected chi connectivity index (χ3v) is 5.51. The summed E-state index contributed by atoms with van der Waals surface area (Å²) in [7, 11) is 0. The van der Waals surface area contributed by atoms with Crippen molar-refractivity contribution in [3.63, 3.8) is 0 Å². The molecule has 2 unspecified atom stereocenters. The van der Waals surface area contributed by atoms with Crippen molar-refractivity contribution in [1.29, 1.82) is 0 Å². The van der Waals surface area contributed by atoms with E-state index in [4.69, 9.17) is 9.47 Å². The van der Waals surface area contributed by atoms with E-state index in [1.807, 2.05) is 25.1 Å². The molecular weight excluding hydrogens is 340 g/mol. The van der Waals surface area contributed by atoms with Gasteiger partial charge in [0.15, 0.2) is 0 Å². The lowest BCUT2D eigenvalue weighted by Gasteiger charge is -2.26. The van der Waals surface area contributed by atoms with Crippen LogP contribution in [0.15, 0.2) is 55.7 Å². The SMILES string of the molecule is C=CC(=O)Oc1c2c(c(OC(=O)C=C)c3c(C)cccc13)C1C=CC2(C)C1. The van der Waals surface area contributed by atoms with Gasteiger partial charge in [-0.3, -0.25) is 0 Å². The summed E-state index contributed by atoms with van der Waals surface area (Å²) in [6, 6.07) is 5.74. The first-order valence-corrected chi connectivity index (χ1v) is 8.87. The van der Waals surface area contributed by atoms with Crippen LogP contribution in [0.2, 0.25) is 0 Å². The molecule has 4 heteroatoms. The van der Waals surface area contributed by atoms with Crippen molar-refractivity contribution < 1.29 is 19.1 Å². The molecule has 27 heavy (non-hydrogen) atoms. The molecule has 2 aromatic rings. The number of carbonyl (C=O) groups is 2. The number of esters is 2. The van der Waals surface area contributed by atoms with Gasteiger partial charge in [0.05, 0.1) is 0 Å². The Hall–Kier alpha value is -3.14. The molecule has 0 heterocycles. The van der Waals surface area contributed by atoms with Gasteiger partial charge in [-0.05, 0) is 18.9 Å². The van der Waals surface area contributed by atoms with E-state index in [0.29, 0.717) is 11.5 Å². The molecule has 2 aromatic carbocycles. The van der Waals surface area contributed by atoms with Gasteiger partial charge >= 0.3 is 11.9 Å².